The third-order valence-corrected chi connectivity index (χ3v) is 5.67. The monoisotopic (exact) mass is 423 g/mol. The van der Waals surface area contributed by atoms with Crippen molar-refractivity contribution >= 4 is 11.9 Å². The Balaban J connectivity index is 1.59. The Morgan fingerprint density at radius 1 is 1.16 bits per heavy atom. The number of carbonyl (C=O) groups excluding carboxylic acids is 1. The van der Waals surface area contributed by atoms with E-state index in [1.165, 1.54) is 0 Å². The van der Waals surface area contributed by atoms with Crippen LogP contribution in [0.1, 0.15) is 36.7 Å². The number of aromatic nitrogens is 5. The molecule has 1 aliphatic heterocycles. The molecule has 0 saturated carbocycles. The second kappa shape index (κ2) is 9.20. The predicted octanol–water partition coefficient (Wildman–Crippen LogP) is 2.11. The van der Waals surface area contributed by atoms with Crippen molar-refractivity contribution in [3.63, 3.8) is 0 Å². The Bertz CT molecular complexity index is 1020. The van der Waals surface area contributed by atoms with Crippen LogP contribution >= 0.6 is 0 Å². The third-order valence-electron chi connectivity index (χ3n) is 5.67. The second-order valence-electron chi connectivity index (χ2n) is 7.94. The number of carbonyl (C=O) groups is 1. The number of nitrogens with zero attached hydrogens (tertiary/aromatic N) is 7. The van der Waals surface area contributed by atoms with E-state index < -0.39 is 0 Å². The normalized spacial score (nSPS) is 13.9. The fourth-order valence-corrected chi connectivity index (χ4v) is 3.95. The van der Waals surface area contributed by atoms with E-state index in [0.717, 1.165) is 48.8 Å². The molecule has 9 nitrogen and oxygen atoms in total. The number of rotatable bonds is 9. The summed E-state index contributed by atoms with van der Waals surface area (Å²) < 4.78 is 3.92. The van der Waals surface area contributed by atoms with Crippen molar-refractivity contribution in [2.75, 3.05) is 18.0 Å². The van der Waals surface area contributed by atoms with Crippen LogP contribution in [0.4, 0.5) is 5.95 Å². The van der Waals surface area contributed by atoms with Gasteiger partial charge in [-0.05, 0) is 37.5 Å². The highest BCUT2D eigenvalue weighted by molar-refractivity contribution is 5.77. The van der Waals surface area contributed by atoms with Crippen molar-refractivity contribution in [3.8, 4) is 5.75 Å². The van der Waals surface area contributed by atoms with E-state index in [1.807, 2.05) is 36.5 Å². The zero-order valence-electron chi connectivity index (χ0n) is 18.1. The average molecular weight is 424 g/mol. The Morgan fingerprint density at radius 2 is 1.97 bits per heavy atom. The number of anilines is 1. The molecule has 1 amide bonds. The summed E-state index contributed by atoms with van der Waals surface area (Å²) in [7, 11) is 1.91. The molecule has 4 rings (SSSR count). The van der Waals surface area contributed by atoms with E-state index in [-0.39, 0.29) is 11.7 Å². The van der Waals surface area contributed by atoms with Crippen LogP contribution in [0.15, 0.2) is 36.7 Å². The number of phenols is 1. The minimum absolute atomic E-state index is 0.178. The first-order valence-electron chi connectivity index (χ1n) is 10.7. The van der Waals surface area contributed by atoms with Crippen LogP contribution in [-0.4, -0.2) is 53.5 Å². The van der Waals surface area contributed by atoms with E-state index >= 15 is 0 Å². The van der Waals surface area contributed by atoms with Crippen molar-refractivity contribution in [3.05, 3.63) is 53.6 Å². The van der Waals surface area contributed by atoms with Gasteiger partial charge in [0.05, 0.1) is 12.7 Å². The van der Waals surface area contributed by atoms with Gasteiger partial charge in [0.1, 0.15) is 5.75 Å². The number of aryl methyl sites for hydroxylation is 2. The Labute approximate surface area is 181 Å². The summed E-state index contributed by atoms with van der Waals surface area (Å²) in [6.07, 6.45) is 6.15. The number of hydrogen-bond donors (Lipinski definition) is 1. The zero-order valence-corrected chi connectivity index (χ0v) is 18.1. The van der Waals surface area contributed by atoms with Crippen molar-refractivity contribution in [2.24, 2.45) is 7.05 Å². The van der Waals surface area contributed by atoms with E-state index in [1.54, 1.807) is 16.8 Å². The van der Waals surface area contributed by atoms with Crippen molar-refractivity contribution in [1.29, 1.82) is 0 Å². The van der Waals surface area contributed by atoms with Gasteiger partial charge in [0.2, 0.25) is 11.9 Å². The minimum atomic E-state index is 0.178. The summed E-state index contributed by atoms with van der Waals surface area (Å²) in [6, 6.07) is 7.26. The smallest absolute Gasteiger partial charge is 0.227 e. The van der Waals surface area contributed by atoms with Gasteiger partial charge >= 0.3 is 0 Å². The lowest BCUT2D eigenvalue weighted by atomic mass is 10.1. The first-order valence-corrected chi connectivity index (χ1v) is 10.7. The van der Waals surface area contributed by atoms with Gasteiger partial charge < -0.3 is 14.9 Å². The van der Waals surface area contributed by atoms with Gasteiger partial charge in [0.15, 0.2) is 5.82 Å². The van der Waals surface area contributed by atoms with E-state index in [2.05, 4.69) is 31.7 Å². The first kappa shape index (κ1) is 20.9. The first-order chi connectivity index (χ1) is 15.0. The van der Waals surface area contributed by atoms with Crippen LogP contribution in [0.3, 0.4) is 0 Å². The van der Waals surface area contributed by atoms with E-state index in [9.17, 15) is 9.90 Å². The molecule has 3 heterocycles. The maximum absolute atomic E-state index is 12.2. The van der Waals surface area contributed by atoms with Crippen LogP contribution in [0.2, 0.25) is 0 Å². The molecule has 0 spiro atoms. The van der Waals surface area contributed by atoms with Crippen LogP contribution in [0.5, 0.6) is 5.75 Å². The third kappa shape index (κ3) is 4.87. The number of hydrogen-bond acceptors (Lipinski definition) is 6. The van der Waals surface area contributed by atoms with Crippen molar-refractivity contribution < 1.29 is 9.90 Å². The largest absolute Gasteiger partial charge is 0.508 e. The average Bonchev–Trinajstić information content (AvgIpc) is 3.47. The maximum atomic E-state index is 12.2. The molecular weight excluding hydrogens is 394 g/mol. The highest BCUT2D eigenvalue weighted by Crippen LogP contribution is 2.21. The van der Waals surface area contributed by atoms with Crippen LogP contribution in [-0.2, 0) is 37.9 Å². The Morgan fingerprint density at radius 3 is 2.61 bits per heavy atom. The number of phenolic OH excluding ortho intramolecular Hbond substituents is 1. The van der Waals surface area contributed by atoms with Gasteiger partial charge in [0.25, 0.3) is 0 Å². The van der Waals surface area contributed by atoms with Gasteiger partial charge in [-0.25, -0.2) is 0 Å². The number of aromatic hydroxyl groups is 1. The second-order valence-corrected chi connectivity index (χ2v) is 7.94. The van der Waals surface area contributed by atoms with Gasteiger partial charge in [-0.2, -0.15) is 5.10 Å². The molecule has 3 aromatic rings. The van der Waals surface area contributed by atoms with Crippen LogP contribution < -0.4 is 4.90 Å². The summed E-state index contributed by atoms with van der Waals surface area (Å²) in [4.78, 5) is 16.2. The fraction of sp³-hybridized carbons (Fsp3) is 0.455. The van der Waals surface area contributed by atoms with Gasteiger partial charge in [-0.15, -0.1) is 10.2 Å². The fourth-order valence-electron chi connectivity index (χ4n) is 3.95. The molecule has 1 fully saturated rings. The molecule has 1 N–H and O–H groups in total. The summed E-state index contributed by atoms with van der Waals surface area (Å²) in [5.41, 5.74) is 2.23. The standard InChI is InChI=1S/C22H29N7O2/c1-3-27(15-18-13-23-26(2)14-18)22-25-24-20(16-28-11-4-5-21(28)31)29(22)12-10-17-6-8-19(30)9-7-17/h6-9,13-14,30H,3-5,10-12,15-16H2,1-2H3. The molecule has 1 aromatic carbocycles. The molecule has 2 aromatic heterocycles. The molecule has 9 heteroatoms. The van der Waals surface area contributed by atoms with Crippen LogP contribution in [0, 0.1) is 0 Å². The summed E-state index contributed by atoms with van der Waals surface area (Å²) in [6.45, 7) is 5.49. The van der Waals surface area contributed by atoms with E-state index in [0.29, 0.717) is 26.1 Å². The van der Waals surface area contributed by atoms with Gasteiger partial charge in [-0.1, -0.05) is 12.1 Å². The zero-order chi connectivity index (χ0) is 21.8. The molecule has 1 saturated heterocycles. The molecule has 0 unspecified atom stereocenters. The lowest BCUT2D eigenvalue weighted by Gasteiger charge is -2.23. The molecule has 164 valence electrons. The summed E-state index contributed by atoms with van der Waals surface area (Å²) in [5, 5.41) is 22.8. The number of likely N-dealkylation sites (tertiary alicyclic amines) is 1. The number of amides is 1. The SMILES string of the molecule is CCN(Cc1cnn(C)c1)c1nnc(CN2CCCC2=O)n1CCc1ccc(O)cc1. The molecule has 1 aliphatic rings. The minimum Gasteiger partial charge on any atom is -0.508 e. The quantitative estimate of drug-likeness (QED) is 0.567. The summed E-state index contributed by atoms with van der Waals surface area (Å²) in [5.74, 6) is 2.04. The van der Waals surface area contributed by atoms with Gasteiger partial charge in [0, 0.05) is 51.4 Å². The van der Waals surface area contributed by atoms with E-state index in [4.69, 9.17) is 0 Å². The maximum Gasteiger partial charge on any atom is 0.227 e. The van der Waals surface area contributed by atoms with Crippen molar-refractivity contribution in [2.45, 2.75) is 45.8 Å². The highest BCUT2D eigenvalue weighted by Gasteiger charge is 2.24. The highest BCUT2D eigenvalue weighted by atomic mass is 16.3. The lowest BCUT2D eigenvalue weighted by molar-refractivity contribution is -0.128. The molecule has 0 bridgehead atoms. The number of benzene rings is 1. The lowest BCUT2D eigenvalue weighted by Crippen LogP contribution is -2.28. The molecule has 0 aliphatic carbocycles. The topological polar surface area (TPSA) is 92.3 Å². The molecule has 0 atom stereocenters. The molecule has 31 heavy (non-hydrogen) atoms. The van der Waals surface area contributed by atoms with Gasteiger partial charge in [-0.3, -0.25) is 14.0 Å². The summed E-state index contributed by atoms with van der Waals surface area (Å²) >= 11 is 0. The Hall–Kier alpha value is -3.36. The molecule has 0 radical (unpaired) electrons. The predicted molar refractivity (Wildman–Crippen MR) is 116 cm³/mol. The Kier molecular flexibility index (Phi) is 6.20. The van der Waals surface area contributed by atoms with Crippen molar-refractivity contribution in [1.82, 2.24) is 29.4 Å². The molecular formula is C22H29N7O2. The van der Waals surface area contributed by atoms with Crippen LogP contribution in [0.25, 0.3) is 0 Å².